The van der Waals surface area contributed by atoms with E-state index in [-0.39, 0.29) is 23.8 Å². The van der Waals surface area contributed by atoms with Crippen LogP contribution in [0.2, 0.25) is 0 Å². The molecule has 2 atom stereocenters. The van der Waals surface area contributed by atoms with Crippen molar-refractivity contribution in [1.29, 1.82) is 0 Å². The molecule has 0 unspecified atom stereocenters. The summed E-state index contributed by atoms with van der Waals surface area (Å²) in [4.78, 5) is 32.6. The highest BCUT2D eigenvalue weighted by Crippen LogP contribution is 2.33. The molecule has 0 N–H and O–H groups in total. The van der Waals surface area contributed by atoms with E-state index >= 15 is 0 Å². The third-order valence-electron chi connectivity index (χ3n) is 5.01. The van der Waals surface area contributed by atoms with Gasteiger partial charge in [0.15, 0.2) is 0 Å². The number of likely N-dealkylation sites (tertiary alicyclic amines) is 2. The molecule has 2 amide bonds. The maximum absolute atomic E-state index is 12.8. The predicted octanol–water partition coefficient (Wildman–Crippen LogP) is 0.452. The summed E-state index contributed by atoms with van der Waals surface area (Å²) in [7, 11) is 0. The van der Waals surface area contributed by atoms with Crippen LogP contribution in [0.1, 0.15) is 38.1 Å². The number of carbonyl (C=O) groups is 2. The molecule has 1 aromatic rings. The smallest absolute Gasteiger partial charge is 0.228 e. The molecule has 1 aromatic heterocycles. The van der Waals surface area contributed by atoms with Crippen LogP contribution in [0.25, 0.3) is 0 Å². The Labute approximate surface area is 129 Å². The van der Waals surface area contributed by atoms with Crippen molar-refractivity contribution in [3.63, 3.8) is 0 Å². The highest BCUT2D eigenvalue weighted by atomic mass is 16.2. The molecule has 7 heteroatoms. The second-order valence-electron chi connectivity index (χ2n) is 6.63. The number of hydrogen-bond acceptors (Lipinski definition) is 4. The van der Waals surface area contributed by atoms with Crippen molar-refractivity contribution >= 4 is 11.8 Å². The average Bonchev–Trinajstić information content (AvgIpc) is 3.09. The largest absolute Gasteiger partial charge is 0.340 e. The first-order valence-electron chi connectivity index (χ1n) is 8.15. The zero-order valence-electron chi connectivity index (χ0n) is 12.6. The van der Waals surface area contributed by atoms with Gasteiger partial charge < -0.3 is 9.80 Å². The molecule has 3 fully saturated rings. The third kappa shape index (κ3) is 2.48. The van der Waals surface area contributed by atoms with Gasteiger partial charge in [0.1, 0.15) is 12.7 Å². The molecule has 7 nitrogen and oxygen atoms in total. The van der Waals surface area contributed by atoms with Gasteiger partial charge in [0, 0.05) is 32.1 Å². The Morgan fingerprint density at radius 1 is 1.18 bits per heavy atom. The van der Waals surface area contributed by atoms with Crippen molar-refractivity contribution in [2.75, 3.05) is 19.6 Å². The van der Waals surface area contributed by atoms with Crippen molar-refractivity contribution < 1.29 is 9.59 Å². The van der Waals surface area contributed by atoms with Crippen LogP contribution in [0.5, 0.6) is 0 Å². The van der Waals surface area contributed by atoms with Crippen LogP contribution in [-0.2, 0) is 9.59 Å². The van der Waals surface area contributed by atoms with Crippen LogP contribution < -0.4 is 0 Å². The summed E-state index contributed by atoms with van der Waals surface area (Å²) in [5.74, 6) is 0.148. The Morgan fingerprint density at radius 3 is 2.77 bits per heavy atom. The molecule has 0 radical (unpaired) electrons. The van der Waals surface area contributed by atoms with E-state index in [2.05, 4.69) is 10.1 Å². The van der Waals surface area contributed by atoms with Gasteiger partial charge in [-0.05, 0) is 25.7 Å². The highest BCUT2D eigenvalue weighted by molar-refractivity contribution is 5.89. The highest BCUT2D eigenvalue weighted by Gasteiger charge is 2.43. The van der Waals surface area contributed by atoms with Crippen LogP contribution in [0.15, 0.2) is 12.7 Å². The SMILES string of the molecule is O=C([C@@H]1CC(=O)N(C2CC2)C1)N1CCC[C@H](n2cncn2)C1. The second-order valence-corrected chi connectivity index (χ2v) is 6.63. The van der Waals surface area contributed by atoms with E-state index in [1.54, 1.807) is 6.33 Å². The van der Waals surface area contributed by atoms with E-state index in [1.807, 2.05) is 14.5 Å². The standard InChI is InChI=1S/C15H21N5O2/c21-14-6-11(7-19(14)12-3-4-12)15(22)18-5-1-2-13(8-18)20-10-16-9-17-20/h9-13H,1-8H2/t11-,13+/m1/s1. The van der Waals surface area contributed by atoms with E-state index in [9.17, 15) is 9.59 Å². The quantitative estimate of drug-likeness (QED) is 0.813. The maximum atomic E-state index is 12.8. The molecule has 3 aliphatic rings. The van der Waals surface area contributed by atoms with E-state index in [1.165, 1.54) is 6.33 Å². The summed E-state index contributed by atoms with van der Waals surface area (Å²) in [6, 6.07) is 0.617. The van der Waals surface area contributed by atoms with E-state index in [4.69, 9.17) is 0 Å². The second kappa shape index (κ2) is 5.37. The molecule has 1 aliphatic carbocycles. The summed E-state index contributed by atoms with van der Waals surface area (Å²) >= 11 is 0. The Kier molecular flexibility index (Phi) is 3.35. The van der Waals surface area contributed by atoms with Gasteiger partial charge in [-0.15, -0.1) is 0 Å². The van der Waals surface area contributed by atoms with Crippen molar-refractivity contribution in [1.82, 2.24) is 24.6 Å². The number of hydrogen-bond donors (Lipinski definition) is 0. The first-order valence-corrected chi connectivity index (χ1v) is 8.15. The molecule has 4 rings (SSSR count). The summed E-state index contributed by atoms with van der Waals surface area (Å²) < 4.78 is 1.84. The van der Waals surface area contributed by atoms with Crippen LogP contribution >= 0.6 is 0 Å². The van der Waals surface area contributed by atoms with Crippen LogP contribution in [0, 0.1) is 5.92 Å². The van der Waals surface area contributed by atoms with Crippen molar-refractivity contribution in [2.45, 2.75) is 44.2 Å². The Morgan fingerprint density at radius 2 is 2.05 bits per heavy atom. The van der Waals surface area contributed by atoms with E-state index < -0.39 is 0 Å². The number of nitrogens with zero attached hydrogens (tertiary/aromatic N) is 5. The number of carbonyl (C=O) groups excluding carboxylic acids is 2. The van der Waals surface area contributed by atoms with E-state index in [0.29, 0.717) is 25.6 Å². The van der Waals surface area contributed by atoms with Crippen molar-refractivity contribution in [3.05, 3.63) is 12.7 Å². The molecular formula is C15H21N5O2. The number of aromatic nitrogens is 3. The number of amides is 2. The minimum atomic E-state index is -0.150. The molecule has 0 spiro atoms. The predicted molar refractivity (Wildman–Crippen MR) is 77.7 cm³/mol. The topological polar surface area (TPSA) is 71.3 Å². The van der Waals surface area contributed by atoms with Crippen molar-refractivity contribution in [2.24, 2.45) is 5.92 Å². The summed E-state index contributed by atoms with van der Waals surface area (Å²) in [5, 5.41) is 4.19. The number of rotatable bonds is 3. The molecule has 118 valence electrons. The Hall–Kier alpha value is -1.92. The summed E-state index contributed by atoms with van der Waals surface area (Å²) in [6.07, 6.45) is 7.83. The molecule has 2 aliphatic heterocycles. The summed E-state index contributed by atoms with van der Waals surface area (Å²) in [5.41, 5.74) is 0. The maximum Gasteiger partial charge on any atom is 0.228 e. The zero-order chi connectivity index (χ0) is 15.1. The lowest BCUT2D eigenvalue weighted by molar-refractivity contribution is -0.137. The van der Waals surface area contributed by atoms with Gasteiger partial charge in [0.05, 0.1) is 12.0 Å². The Balaban J connectivity index is 1.41. The van der Waals surface area contributed by atoms with Gasteiger partial charge in [-0.1, -0.05) is 0 Å². The molecule has 2 saturated heterocycles. The molecule has 0 aromatic carbocycles. The van der Waals surface area contributed by atoms with Gasteiger partial charge >= 0.3 is 0 Å². The minimum Gasteiger partial charge on any atom is -0.340 e. The fourth-order valence-electron chi connectivity index (χ4n) is 3.67. The van der Waals surface area contributed by atoms with Gasteiger partial charge in [-0.3, -0.25) is 9.59 Å². The lowest BCUT2D eigenvalue weighted by atomic mass is 10.0. The van der Waals surface area contributed by atoms with Crippen LogP contribution in [-0.4, -0.2) is 62.1 Å². The van der Waals surface area contributed by atoms with Gasteiger partial charge in [-0.2, -0.15) is 5.10 Å². The molecule has 1 saturated carbocycles. The third-order valence-corrected chi connectivity index (χ3v) is 5.01. The minimum absolute atomic E-state index is 0.140. The molecule has 22 heavy (non-hydrogen) atoms. The fourth-order valence-corrected chi connectivity index (χ4v) is 3.67. The molecular weight excluding hydrogens is 282 g/mol. The lowest BCUT2D eigenvalue weighted by Gasteiger charge is -2.34. The molecule has 0 bridgehead atoms. The zero-order valence-corrected chi connectivity index (χ0v) is 12.6. The fraction of sp³-hybridized carbons (Fsp3) is 0.733. The lowest BCUT2D eigenvalue weighted by Crippen LogP contribution is -2.44. The first-order chi connectivity index (χ1) is 10.7. The van der Waals surface area contributed by atoms with Gasteiger partial charge in [0.25, 0.3) is 0 Å². The monoisotopic (exact) mass is 303 g/mol. The van der Waals surface area contributed by atoms with Gasteiger partial charge in [0.2, 0.25) is 11.8 Å². The first kappa shape index (κ1) is 13.7. The normalized spacial score (nSPS) is 29.2. The average molecular weight is 303 g/mol. The Bertz CT molecular complexity index is 568. The van der Waals surface area contributed by atoms with Crippen molar-refractivity contribution in [3.8, 4) is 0 Å². The summed E-state index contributed by atoms with van der Waals surface area (Å²) in [6.45, 7) is 2.08. The number of piperidine rings is 1. The van der Waals surface area contributed by atoms with E-state index in [0.717, 1.165) is 32.2 Å². The van der Waals surface area contributed by atoms with Crippen LogP contribution in [0.3, 0.4) is 0 Å². The van der Waals surface area contributed by atoms with Crippen LogP contribution in [0.4, 0.5) is 0 Å². The van der Waals surface area contributed by atoms with Gasteiger partial charge in [-0.25, -0.2) is 9.67 Å². The molecule has 3 heterocycles.